The van der Waals surface area contributed by atoms with E-state index >= 15 is 0 Å². The Morgan fingerprint density at radius 2 is 1.77 bits per heavy atom. The number of nitrogens with zero attached hydrogens (tertiary/aromatic N) is 1. The van der Waals surface area contributed by atoms with E-state index in [0.29, 0.717) is 29.6 Å². The Morgan fingerprint density at radius 3 is 2.39 bits per heavy atom. The van der Waals surface area contributed by atoms with Gasteiger partial charge in [0, 0.05) is 17.3 Å². The molecule has 0 atom stereocenters. The van der Waals surface area contributed by atoms with Gasteiger partial charge in [0.15, 0.2) is 0 Å². The first kappa shape index (κ1) is 20.7. The van der Waals surface area contributed by atoms with Gasteiger partial charge in [0.05, 0.1) is 17.7 Å². The second kappa shape index (κ2) is 9.04. The number of nitrogens with one attached hydrogen (secondary N) is 2. The number of carbonyl (C=O) groups is 2. The summed E-state index contributed by atoms with van der Waals surface area (Å²) in [6.45, 7) is 4.12. The van der Waals surface area contributed by atoms with Crippen LogP contribution in [0.2, 0.25) is 0 Å². The van der Waals surface area contributed by atoms with Gasteiger partial charge in [-0.05, 0) is 68.7 Å². The number of hydrogen-bond donors (Lipinski definition) is 2. The monoisotopic (exact) mass is 419 g/mol. The number of rotatable bonds is 8. The standard InChI is InChI=1S/C24H25N3O4/c1-15-22(16(2)31-27-15)14-30-21-11-3-17(4-12-21)13-23(28)25-19-7-5-18(6-8-19)24(29)26-20-9-10-20/h3-8,11-12,20H,9-10,13-14H2,1-2H3,(H,25,28)(H,26,29). The van der Waals surface area contributed by atoms with Crippen molar-refractivity contribution in [3.63, 3.8) is 0 Å². The van der Waals surface area contributed by atoms with Crippen LogP contribution in [0.4, 0.5) is 5.69 Å². The molecular formula is C24H25N3O4. The molecule has 2 amide bonds. The van der Waals surface area contributed by atoms with E-state index in [-0.39, 0.29) is 18.2 Å². The average molecular weight is 419 g/mol. The highest BCUT2D eigenvalue weighted by molar-refractivity contribution is 5.96. The molecule has 7 nitrogen and oxygen atoms in total. The number of benzene rings is 2. The highest BCUT2D eigenvalue weighted by Gasteiger charge is 2.23. The fourth-order valence-corrected chi connectivity index (χ4v) is 3.16. The molecule has 7 heteroatoms. The van der Waals surface area contributed by atoms with Crippen molar-refractivity contribution in [1.82, 2.24) is 10.5 Å². The molecule has 0 spiro atoms. The van der Waals surface area contributed by atoms with Gasteiger partial charge in [-0.1, -0.05) is 17.3 Å². The predicted octanol–water partition coefficient (Wildman–Crippen LogP) is 3.94. The van der Waals surface area contributed by atoms with E-state index in [1.807, 2.05) is 38.1 Å². The van der Waals surface area contributed by atoms with E-state index in [0.717, 1.165) is 35.4 Å². The van der Waals surface area contributed by atoms with Crippen LogP contribution in [0.15, 0.2) is 53.1 Å². The van der Waals surface area contributed by atoms with Gasteiger partial charge in [-0.15, -0.1) is 0 Å². The SMILES string of the molecule is Cc1noc(C)c1COc1ccc(CC(=O)Nc2ccc(C(=O)NC3CC3)cc2)cc1. The number of anilines is 1. The minimum Gasteiger partial charge on any atom is -0.489 e. The number of hydrogen-bond acceptors (Lipinski definition) is 5. The van der Waals surface area contributed by atoms with E-state index in [1.165, 1.54) is 0 Å². The van der Waals surface area contributed by atoms with Crippen molar-refractivity contribution in [3.8, 4) is 5.75 Å². The van der Waals surface area contributed by atoms with Crippen LogP contribution in [-0.4, -0.2) is 23.0 Å². The molecule has 1 fully saturated rings. The minimum atomic E-state index is -0.125. The van der Waals surface area contributed by atoms with E-state index in [9.17, 15) is 9.59 Å². The van der Waals surface area contributed by atoms with Crippen LogP contribution in [0, 0.1) is 13.8 Å². The van der Waals surface area contributed by atoms with Gasteiger partial charge < -0.3 is 19.9 Å². The Morgan fingerprint density at radius 1 is 1.06 bits per heavy atom. The van der Waals surface area contributed by atoms with Crippen LogP contribution in [0.3, 0.4) is 0 Å². The van der Waals surface area contributed by atoms with Crippen molar-refractivity contribution in [1.29, 1.82) is 0 Å². The molecule has 1 heterocycles. The zero-order chi connectivity index (χ0) is 21.8. The van der Waals surface area contributed by atoms with Gasteiger partial charge in [0.1, 0.15) is 18.1 Å². The lowest BCUT2D eigenvalue weighted by Crippen LogP contribution is -2.25. The molecule has 0 saturated heterocycles. The Balaban J connectivity index is 1.26. The van der Waals surface area contributed by atoms with E-state index in [2.05, 4.69) is 15.8 Å². The number of aryl methyl sites for hydroxylation is 2. The largest absolute Gasteiger partial charge is 0.489 e. The first-order chi connectivity index (χ1) is 15.0. The lowest BCUT2D eigenvalue weighted by atomic mass is 10.1. The summed E-state index contributed by atoms with van der Waals surface area (Å²) in [5.74, 6) is 1.27. The lowest BCUT2D eigenvalue weighted by molar-refractivity contribution is -0.115. The zero-order valence-electron chi connectivity index (χ0n) is 17.6. The minimum absolute atomic E-state index is 0.0722. The first-order valence-corrected chi connectivity index (χ1v) is 10.3. The molecule has 0 bridgehead atoms. The summed E-state index contributed by atoms with van der Waals surface area (Å²) < 4.78 is 10.9. The van der Waals surface area contributed by atoms with Crippen molar-refractivity contribution in [3.05, 3.63) is 76.7 Å². The lowest BCUT2D eigenvalue weighted by Gasteiger charge is -2.09. The van der Waals surface area contributed by atoms with E-state index in [4.69, 9.17) is 9.26 Å². The average Bonchev–Trinajstić information content (AvgIpc) is 3.52. The highest BCUT2D eigenvalue weighted by Crippen LogP contribution is 2.20. The Labute approximate surface area is 180 Å². The van der Waals surface area contributed by atoms with E-state index in [1.54, 1.807) is 24.3 Å². The third-order valence-electron chi connectivity index (χ3n) is 5.20. The van der Waals surface area contributed by atoms with Crippen molar-refractivity contribution in [2.24, 2.45) is 0 Å². The maximum absolute atomic E-state index is 12.4. The van der Waals surface area contributed by atoms with Crippen LogP contribution in [0.25, 0.3) is 0 Å². The van der Waals surface area contributed by atoms with Gasteiger partial charge in [-0.25, -0.2) is 0 Å². The summed E-state index contributed by atoms with van der Waals surface area (Å²) in [6, 6.07) is 14.7. The summed E-state index contributed by atoms with van der Waals surface area (Å²) >= 11 is 0. The molecule has 2 N–H and O–H groups in total. The van der Waals surface area contributed by atoms with Crippen molar-refractivity contribution < 1.29 is 18.8 Å². The molecule has 0 unspecified atom stereocenters. The number of carbonyl (C=O) groups excluding carboxylic acids is 2. The first-order valence-electron chi connectivity index (χ1n) is 10.3. The zero-order valence-corrected chi connectivity index (χ0v) is 17.6. The molecule has 1 aliphatic carbocycles. The van der Waals surface area contributed by atoms with Crippen molar-refractivity contribution in [2.45, 2.75) is 45.8 Å². The van der Waals surface area contributed by atoms with Gasteiger partial charge in [0.25, 0.3) is 5.91 Å². The van der Waals surface area contributed by atoms with Crippen molar-refractivity contribution in [2.75, 3.05) is 5.32 Å². The molecule has 2 aromatic carbocycles. The third-order valence-corrected chi connectivity index (χ3v) is 5.20. The van der Waals surface area contributed by atoms with Crippen molar-refractivity contribution >= 4 is 17.5 Å². The fourth-order valence-electron chi connectivity index (χ4n) is 3.16. The molecule has 1 aromatic heterocycles. The molecule has 160 valence electrons. The fraction of sp³-hybridized carbons (Fsp3) is 0.292. The maximum Gasteiger partial charge on any atom is 0.251 e. The van der Waals surface area contributed by atoms with Crippen LogP contribution in [0.1, 0.15) is 45.8 Å². The molecule has 3 aromatic rings. The van der Waals surface area contributed by atoms with Gasteiger partial charge in [-0.3, -0.25) is 9.59 Å². The molecule has 0 aliphatic heterocycles. The van der Waals surface area contributed by atoms with Crippen LogP contribution in [0.5, 0.6) is 5.75 Å². The van der Waals surface area contributed by atoms with Crippen LogP contribution < -0.4 is 15.4 Å². The summed E-state index contributed by atoms with van der Waals surface area (Å²) in [5.41, 5.74) is 3.90. The van der Waals surface area contributed by atoms with Gasteiger partial charge in [0.2, 0.25) is 5.91 Å². The number of ether oxygens (including phenoxy) is 1. The smallest absolute Gasteiger partial charge is 0.251 e. The summed E-state index contributed by atoms with van der Waals surface area (Å²) in [6.07, 6.45) is 2.34. The Hall–Kier alpha value is -3.61. The van der Waals surface area contributed by atoms with Gasteiger partial charge in [-0.2, -0.15) is 0 Å². The summed E-state index contributed by atoms with van der Waals surface area (Å²) in [5, 5.41) is 9.72. The second-order valence-electron chi connectivity index (χ2n) is 7.79. The Kier molecular flexibility index (Phi) is 6.02. The summed E-state index contributed by atoms with van der Waals surface area (Å²) in [7, 11) is 0. The third kappa shape index (κ3) is 5.51. The van der Waals surface area contributed by atoms with Crippen LogP contribution >= 0.6 is 0 Å². The van der Waals surface area contributed by atoms with Gasteiger partial charge >= 0.3 is 0 Å². The highest BCUT2D eigenvalue weighted by atomic mass is 16.5. The molecule has 4 rings (SSSR count). The molecular weight excluding hydrogens is 394 g/mol. The summed E-state index contributed by atoms with van der Waals surface area (Å²) in [4.78, 5) is 24.4. The molecule has 1 aliphatic rings. The molecule has 0 radical (unpaired) electrons. The number of aromatic nitrogens is 1. The topological polar surface area (TPSA) is 93.5 Å². The second-order valence-corrected chi connectivity index (χ2v) is 7.79. The van der Waals surface area contributed by atoms with Crippen LogP contribution in [-0.2, 0) is 17.8 Å². The molecule has 31 heavy (non-hydrogen) atoms. The van der Waals surface area contributed by atoms with E-state index < -0.39 is 0 Å². The predicted molar refractivity (Wildman–Crippen MR) is 116 cm³/mol. The quantitative estimate of drug-likeness (QED) is 0.577. The number of amides is 2. The normalized spacial score (nSPS) is 13.0. The maximum atomic E-state index is 12.4. The molecule has 1 saturated carbocycles. The Bertz CT molecular complexity index is 1050.